The predicted molar refractivity (Wildman–Crippen MR) is 140 cm³/mol. The molecule has 1 aliphatic heterocycles. The molecule has 192 valence electrons. The van der Waals surface area contributed by atoms with Crippen LogP contribution in [0.2, 0.25) is 5.02 Å². The van der Waals surface area contributed by atoms with Crippen molar-refractivity contribution in [2.75, 3.05) is 29.9 Å². The maximum absolute atomic E-state index is 14.9. The average Bonchev–Trinajstić information content (AvgIpc) is 3.09. The van der Waals surface area contributed by atoms with Crippen LogP contribution in [0.3, 0.4) is 0 Å². The Balaban J connectivity index is 1.53. The summed E-state index contributed by atoms with van der Waals surface area (Å²) in [4.78, 5) is 34.6. The highest BCUT2D eigenvalue weighted by Gasteiger charge is 2.58. The van der Waals surface area contributed by atoms with E-state index in [1.807, 2.05) is 20.8 Å². The number of fused-ring (bicyclic) bond motifs is 3. The maximum Gasteiger partial charge on any atom is 0.411 e. The smallest absolute Gasteiger partial charge is 0.411 e. The number of hydrogen-bond acceptors (Lipinski definition) is 5. The minimum Gasteiger partial charge on any atom is -0.465 e. The first-order chi connectivity index (χ1) is 16.8. The van der Waals surface area contributed by atoms with Gasteiger partial charge in [-0.05, 0) is 49.5 Å². The van der Waals surface area contributed by atoms with Gasteiger partial charge in [-0.2, -0.15) is 0 Å². The molecule has 0 unspecified atom stereocenters. The lowest BCUT2D eigenvalue weighted by atomic mass is 10.1. The lowest BCUT2D eigenvalue weighted by Crippen LogP contribution is -2.36. The van der Waals surface area contributed by atoms with Crippen LogP contribution in [-0.2, 0) is 4.74 Å². The van der Waals surface area contributed by atoms with E-state index in [9.17, 15) is 19.1 Å². The molecular weight excluding hydrogens is 557 g/mol. The second kappa shape index (κ2) is 8.37. The Bertz CT molecular complexity index is 1420. The zero-order valence-electron chi connectivity index (χ0n) is 20.2. The first-order valence-electron chi connectivity index (χ1n) is 11.5. The summed E-state index contributed by atoms with van der Waals surface area (Å²) in [7, 11) is 1.34. The van der Waals surface area contributed by atoms with Crippen molar-refractivity contribution in [2.45, 2.75) is 45.3 Å². The quantitative estimate of drug-likeness (QED) is 0.356. The molecule has 2 aliphatic rings. The zero-order valence-corrected chi connectivity index (χ0v) is 22.5. The van der Waals surface area contributed by atoms with E-state index in [1.54, 1.807) is 6.20 Å². The van der Waals surface area contributed by atoms with Gasteiger partial charge in [0.1, 0.15) is 17.1 Å². The highest BCUT2D eigenvalue weighted by molar-refractivity contribution is 9.10. The number of carbonyl (C=O) groups is 2. The third-order valence-corrected chi connectivity index (χ3v) is 7.88. The van der Waals surface area contributed by atoms with Gasteiger partial charge in [-0.3, -0.25) is 4.90 Å². The Morgan fingerprint density at radius 1 is 1.42 bits per heavy atom. The lowest BCUT2D eigenvalue weighted by Gasteiger charge is -2.22. The fourth-order valence-corrected chi connectivity index (χ4v) is 5.91. The monoisotopic (exact) mass is 581 g/mol. The molecule has 1 aliphatic carbocycles. The van der Waals surface area contributed by atoms with Crippen molar-refractivity contribution >= 4 is 73.0 Å². The number of aromatic nitrogens is 2. The third-order valence-electron chi connectivity index (χ3n) is 6.93. The van der Waals surface area contributed by atoms with E-state index in [2.05, 4.69) is 36.1 Å². The standard InChI is InChI=1S/C24H26BrClFN5O4/c1-23(2,3)36-21(33)29-14-8-24(14)5-6-32(10-24)19-11(25)9-28-20-16(19)15-17(26)12(27)7-13(18(15)30-20)31(4)22(34)35/h7,9,14H,5-6,8,10H2,1-4H3,(H,28,30)(H,29,33)(H,34,35)/t14-,24+/m1/s1. The van der Waals surface area contributed by atoms with Gasteiger partial charge in [0, 0.05) is 49.2 Å². The Morgan fingerprint density at radius 3 is 2.81 bits per heavy atom. The number of rotatable bonds is 3. The second-order valence-corrected chi connectivity index (χ2v) is 11.8. The molecule has 2 amide bonds. The number of nitrogens with one attached hydrogen (secondary N) is 2. The first kappa shape index (κ1) is 24.9. The number of amides is 2. The third kappa shape index (κ3) is 4.11. The van der Waals surface area contributed by atoms with Crippen molar-refractivity contribution in [3.05, 3.63) is 27.6 Å². The van der Waals surface area contributed by atoms with E-state index in [0.717, 1.165) is 29.5 Å². The van der Waals surface area contributed by atoms with Gasteiger partial charge < -0.3 is 25.0 Å². The van der Waals surface area contributed by atoms with Crippen LogP contribution in [0.25, 0.3) is 21.9 Å². The van der Waals surface area contributed by atoms with Crippen LogP contribution in [0.15, 0.2) is 16.7 Å². The summed E-state index contributed by atoms with van der Waals surface area (Å²) in [5.41, 5.74) is 1.14. The van der Waals surface area contributed by atoms with Crippen molar-refractivity contribution in [1.82, 2.24) is 15.3 Å². The van der Waals surface area contributed by atoms with Crippen molar-refractivity contribution < 1.29 is 23.8 Å². The van der Waals surface area contributed by atoms with Gasteiger partial charge >= 0.3 is 12.2 Å². The number of pyridine rings is 1. The normalized spacial score (nSPS) is 21.4. The molecule has 1 spiro atoms. The molecule has 12 heteroatoms. The van der Waals surface area contributed by atoms with Crippen LogP contribution in [0, 0.1) is 11.2 Å². The van der Waals surface area contributed by atoms with Crippen molar-refractivity contribution in [1.29, 1.82) is 0 Å². The number of H-pyrrole nitrogens is 1. The van der Waals surface area contributed by atoms with Gasteiger partial charge in [-0.15, -0.1) is 0 Å². The molecule has 36 heavy (non-hydrogen) atoms. The number of aromatic amines is 1. The van der Waals surface area contributed by atoms with Crippen molar-refractivity contribution in [3.8, 4) is 0 Å². The largest absolute Gasteiger partial charge is 0.465 e. The van der Waals surface area contributed by atoms with E-state index >= 15 is 0 Å². The molecular formula is C24H26BrClFN5O4. The maximum atomic E-state index is 14.9. The van der Waals surface area contributed by atoms with Crippen LogP contribution in [-0.4, -0.2) is 59.0 Å². The minimum atomic E-state index is -1.23. The fraction of sp³-hybridized carbons (Fsp3) is 0.458. The summed E-state index contributed by atoms with van der Waals surface area (Å²) in [6.45, 7) is 6.87. The topological polar surface area (TPSA) is 111 Å². The molecule has 1 saturated heterocycles. The molecule has 0 bridgehead atoms. The molecule has 2 fully saturated rings. The van der Waals surface area contributed by atoms with Crippen LogP contribution in [0.5, 0.6) is 0 Å². The van der Waals surface area contributed by atoms with Gasteiger partial charge in [0.05, 0.1) is 31.8 Å². The molecule has 3 heterocycles. The Labute approximate surface area is 220 Å². The molecule has 5 rings (SSSR count). The van der Waals surface area contributed by atoms with E-state index < -0.39 is 23.6 Å². The van der Waals surface area contributed by atoms with Gasteiger partial charge in [-0.25, -0.2) is 19.0 Å². The molecule has 0 radical (unpaired) electrons. The van der Waals surface area contributed by atoms with Crippen LogP contribution >= 0.6 is 27.5 Å². The number of anilines is 2. The van der Waals surface area contributed by atoms with E-state index in [1.165, 1.54) is 7.05 Å². The second-order valence-electron chi connectivity index (χ2n) is 10.5. The summed E-state index contributed by atoms with van der Waals surface area (Å²) in [6, 6.07) is 1.11. The average molecular weight is 583 g/mol. The van der Waals surface area contributed by atoms with Gasteiger partial charge in [-0.1, -0.05) is 11.6 Å². The van der Waals surface area contributed by atoms with Crippen molar-refractivity contribution in [2.24, 2.45) is 5.41 Å². The molecule has 3 aromatic rings. The number of benzene rings is 1. The summed E-state index contributed by atoms with van der Waals surface area (Å²) in [6.07, 6.45) is 1.70. The van der Waals surface area contributed by atoms with Gasteiger partial charge in [0.15, 0.2) is 0 Å². The number of ether oxygens (including phenoxy) is 1. The number of alkyl carbamates (subject to hydrolysis) is 1. The zero-order chi connectivity index (χ0) is 26.2. The number of carbonyl (C=O) groups excluding carboxylic acids is 1. The van der Waals surface area contributed by atoms with Gasteiger partial charge in [0.25, 0.3) is 0 Å². The Morgan fingerprint density at radius 2 is 2.14 bits per heavy atom. The number of halogens is 3. The Hall–Kier alpha value is -2.79. The van der Waals surface area contributed by atoms with Crippen LogP contribution < -0.4 is 15.1 Å². The molecule has 1 saturated carbocycles. The van der Waals surface area contributed by atoms with Crippen molar-refractivity contribution in [3.63, 3.8) is 0 Å². The highest BCUT2D eigenvalue weighted by Crippen LogP contribution is 2.55. The molecule has 2 atom stereocenters. The Kier molecular flexibility index (Phi) is 5.79. The summed E-state index contributed by atoms with van der Waals surface area (Å²) in [5, 5.41) is 13.4. The predicted octanol–water partition coefficient (Wildman–Crippen LogP) is 5.88. The number of hydrogen-bond donors (Lipinski definition) is 3. The van der Waals surface area contributed by atoms with E-state index in [0.29, 0.717) is 39.5 Å². The van der Waals surface area contributed by atoms with Crippen LogP contribution in [0.1, 0.15) is 33.6 Å². The SMILES string of the molecule is CN(C(=O)O)c1cc(F)c(Cl)c2c1[nH]c1ncc(Br)c(N3CC[C@]4(C[C@H]4NC(=O)OC(C)(C)C)C3)c12. The molecule has 3 N–H and O–H groups in total. The minimum absolute atomic E-state index is 0.00766. The number of nitrogens with zero attached hydrogens (tertiary/aromatic N) is 3. The fourth-order valence-electron chi connectivity index (χ4n) is 5.12. The lowest BCUT2D eigenvalue weighted by molar-refractivity contribution is 0.0516. The molecule has 1 aromatic carbocycles. The van der Waals surface area contributed by atoms with E-state index in [4.69, 9.17) is 16.3 Å². The number of carboxylic acid groups (broad SMARTS) is 1. The van der Waals surface area contributed by atoms with Gasteiger partial charge in [0.2, 0.25) is 0 Å². The molecule has 9 nitrogen and oxygen atoms in total. The highest BCUT2D eigenvalue weighted by atomic mass is 79.9. The van der Waals surface area contributed by atoms with E-state index in [-0.39, 0.29) is 22.2 Å². The molecule has 2 aromatic heterocycles. The van der Waals surface area contributed by atoms with Crippen LogP contribution in [0.4, 0.5) is 25.4 Å². The summed E-state index contributed by atoms with van der Waals surface area (Å²) < 4.78 is 21.0. The summed E-state index contributed by atoms with van der Waals surface area (Å²) >= 11 is 10.1. The summed E-state index contributed by atoms with van der Waals surface area (Å²) in [5.74, 6) is -0.721. The first-order valence-corrected chi connectivity index (χ1v) is 12.7.